The van der Waals surface area contributed by atoms with Crippen LogP contribution in [0.4, 0.5) is 0 Å². The zero-order valence-electron chi connectivity index (χ0n) is 18.4. The lowest BCUT2D eigenvalue weighted by Crippen LogP contribution is -2.55. The Labute approximate surface area is 192 Å². The number of hydrogen-bond acceptors (Lipinski definition) is 7. The van der Waals surface area contributed by atoms with Crippen LogP contribution in [0.15, 0.2) is 47.6 Å². The van der Waals surface area contributed by atoms with Crippen molar-refractivity contribution in [1.82, 2.24) is 0 Å². The van der Waals surface area contributed by atoms with Gasteiger partial charge in [0.25, 0.3) is 0 Å². The highest BCUT2D eigenvalue weighted by Crippen LogP contribution is 2.34. The molecule has 0 bridgehead atoms. The van der Waals surface area contributed by atoms with Crippen molar-refractivity contribution in [1.29, 1.82) is 0 Å². The van der Waals surface area contributed by atoms with Crippen molar-refractivity contribution in [2.24, 2.45) is 11.1 Å². The summed E-state index contributed by atoms with van der Waals surface area (Å²) in [7, 11) is 1.53. The summed E-state index contributed by atoms with van der Waals surface area (Å²) in [6, 6.07) is 13.2. The number of aliphatic hydroxyl groups is 4. The van der Waals surface area contributed by atoms with Gasteiger partial charge in [0.05, 0.1) is 12.3 Å². The first kappa shape index (κ1) is 24.6. The number of rotatable bonds is 7. The molecule has 5 atom stereocenters. The number of nitrogens with zero attached hydrogens (tertiary/aromatic N) is 1. The molecule has 8 heteroatoms. The molecular formula is C24H30ClNO6. The van der Waals surface area contributed by atoms with Crippen LogP contribution in [0.3, 0.4) is 0 Å². The molecule has 1 heterocycles. The summed E-state index contributed by atoms with van der Waals surface area (Å²) in [4.78, 5) is 4.96. The van der Waals surface area contributed by atoms with E-state index in [1.165, 1.54) is 7.11 Å². The average Bonchev–Trinajstić information content (AvgIpc) is 2.78. The van der Waals surface area contributed by atoms with Gasteiger partial charge >= 0.3 is 0 Å². The third kappa shape index (κ3) is 5.31. The lowest BCUT2D eigenvalue weighted by Gasteiger charge is -2.40. The van der Waals surface area contributed by atoms with Crippen molar-refractivity contribution < 1.29 is 30.0 Å². The first-order valence-electron chi connectivity index (χ1n) is 10.6. The summed E-state index contributed by atoms with van der Waals surface area (Å²) in [6.45, 7) is 3.63. The van der Waals surface area contributed by atoms with Crippen LogP contribution in [0.5, 0.6) is 0 Å². The molecule has 4 N–H and O–H groups in total. The smallest absolute Gasteiger partial charge is 0.113 e. The fourth-order valence-corrected chi connectivity index (χ4v) is 4.07. The van der Waals surface area contributed by atoms with Gasteiger partial charge < -0.3 is 30.0 Å². The van der Waals surface area contributed by atoms with E-state index in [0.29, 0.717) is 17.0 Å². The van der Waals surface area contributed by atoms with Gasteiger partial charge in [-0.2, -0.15) is 0 Å². The lowest BCUT2D eigenvalue weighted by molar-refractivity contribution is -0.231. The predicted molar refractivity (Wildman–Crippen MR) is 122 cm³/mol. The van der Waals surface area contributed by atoms with Crippen molar-refractivity contribution in [3.05, 3.63) is 69.7 Å². The van der Waals surface area contributed by atoms with E-state index in [0.717, 1.165) is 22.4 Å². The second-order valence-corrected chi connectivity index (χ2v) is 8.70. The van der Waals surface area contributed by atoms with Crippen molar-refractivity contribution in [3.8, 4) is 0 Å². The maximum atomic E-state index is 10.4. The second kappa shape index (κ2) is 10.7. The predicted octanol–water partition coefficient (Wildman–Crippen LogP) is 2.45. The van der Waals surface area contributed by atoms with E-state index in [1.807, 2.05) is 30.3 Å². The van der Waals surface area contributed by atoms with Crippen LogP contribution in [0.2, 0.25) is 5.02 Å². The van der Waals surface area contributed by atoms with Gasteiger partial charge in [0.15, 0.2) is 0 Å². The fourth-order valence-electron chi connectivity index (χ4n) is 3.89. The van der Waals surface area contributed by atoms with Crippen molar-refractivity contribution >= 4 is 17.3 Å². The van der Waals surface area contributed by atoms with Crippen LogP contribution in [0.1, 0.15) is 42.2 Å². The summed E-state index contributed by atoms with van der Waals surface area (Å²) in [5.74, 6) is 0.213. The van der Waals surface area contributed by atoms with Crippen molar-refractivity contribution in [2.45, 2.75) is 50.8 Å². The molecular weight excluding hydrogens is 434 g/mol. The molecule has 0 unspecified atom stereocenters. The topological polar surface area (TPSA) is 112 Å². The molecule has 3 rings (SSSR count). The van der Waals surface area contributed by atoms with E-state index in [1.54, 1.807) is 12.1 Å². The maximum Gasteiger partial charge on any atom is 0.113 e. The Bertz CT molecular complexity index is 931. The summed E-state index contributed by atoms with van der Waals surface area (Å²) >= 11 is 6.43. The van der Waals surface area contributed by atoms with E-state index in [4.69, 9.17) is 21.2 Å². The van der Waals surface area contributed by atoms with Crippen LogP contribution in [0.25, 0.3) is 0 Å². The second-order valence-electron chi connectivity index (χ2n) is 8.29. The van der Waals surface area contributed by atoms with Gasteiger partial charge in [-0.25, -0.2) is 0 Å². The van der Waals surface area contributed by atoms with Crippen molar-refractivity contribution in [2.75, 3.05) is 13.7 Å². The minimum Gasteiger partial charge on any atom is -0.399 e. The Morgan fingerprint density at radius 3 is 2.34 bits per heavy atom. The molecule has 1 saturated heterocycles. The highest BCUT2D eigenvalue weighted by Gasteiger charge is 2.44. The standard InChI is InChI=1S/C24H30ClNO6/c1-13(2)20(26-31-3)15-6-4-14(5-7-15)10-17-11-16(8-9-18(17)25)24-23(30)22(29)21(28)19(12-27)32-24/h4-9,11,13,19,21-24,27-30H,10,12H2,1-3H3/b26-20+/t19-,21-,22+,23-,24+/m1/s1. The molecule has 174 valence electrons. The third-order valence-electron chi connectivity index (χ3n) is 5.67. The Morgan fingerprint density at radius 2 is 1.75 bits per heavy atom. The average molecular weight is 464 g/mol. The van der Waals surface area contributed by atoms with Crippen molar-refractivity contribution in [3.63, 3.8) is 0 Å². The van der Waals surface area contributed by atoms with Crippen LogP contribution in [-0.2, 0) is 16.0 Å². The normalized spacial score (nSPS) is 26.4. The number of aliphatic hydroxyl groups excluding tert-OH is 4. The Morgan fingerprint density at radius 1 is 1.06 bits per heavy atom. The van der Waals surface area contributed by atoms with Gasteiger partial charge in [-0.05, 0) is 40.7 Å². The zero-order chi connectivity index (χ0) is 23.4. The van der Waals surface area contributed by atoms with Gasteiger partial charge in [0, 0.05) is 5.02 Å². The van der Waals surface area contributed by atoms with E-state index >= 15 is 0 Å². The van der Waals surface area contributed by atoms with E-state index in [9.17, 15) is 20.4 Å². The van der Waals surface area contributed by atoms with Gasteiger partial charge in [-0.1, -0.05) is 67.0 Å². The summed E-state index contributed by atoms with van der Waals surface area (Å²) in [5, 5.41) is 44.7. The molecule has 2 aromatic carbocycles. The zero-order valence-corrected chi connectivity index (χ0v) is 19.1. The number of halogens is 1. The van der Waals surface area contributed by atoms with Gasteiger partial charge in [0.2, 0.25) is 0 Å². The Kier molecular flexibility index (Phi) is 8.27. The molecule has 7 nitrogen and oxygen atoms in total. The Balaban J connectivity index is 1.83. The SMILES string of the molecule is CO/N=C(/c1ccc(Cc2cc([C@@H]3O[C@H](CO)[C@@H](O)[C@H](O)[C@H]3O)ccc2Cl)cc1)C(C)C. The third-order valence-corrected chi connectivity index (χ3v) is 6.04. The molecule has 1 fully saturated rings. The lowest BCUT2D eigenvalue weighted by atomic mass is 9.90. The highest BCUT2D eigenvalue weighted by molar-refractivity contribution is 6.31. The number of oxime groups is 1. The van der Waals surface area contributed by atoms with Crippen LogP contribution in [0, 0.1) is 5.92 Å². The molecule has 1 aliphatic heterocycles. The summed E-state index contributed by atoms with van der Waals surface area (Å²) in [6.07, 6.45) is -5.48. The molecule has 0 aliphatic carbocycles. The fraction of sp³-hybridized carbons (Fsp3) is 0.458. The molecule has 0 amide bonds. The van der Waals surface area contributed by atoms with Gasteiger partial charge in [0.1, 0.15) is 37.6 Å². The first-order valence-corrected chi connectivity index (χ1v) is 10.9. The monoisotopic (exact) mass is 463 g/mol. The molecule has 0 radical (unpaired) electrons. The van der Waals surface area contributed by atoms with Gasteiger partial charge in [-0.15, -0.1) is 0 Å². The molecule has 0 spiro atoms. The minimum atomic E-state index is -1.43. The van der Waals surface area contributed by atoms with Crippen LogP contribution < -0.4 is 0 Å². The molecule has 0 saturated carbocycles. The summed E-state index contributed by atoms with van der Waals surface area (Å²) in [5.41, 5.74) is 4.30. The first-order chi connectivity index (χ1) is 15.3. The Hall–Kier alpha value is -2.00. The van der Waals surface area contributed by atoms with E-state index < -0.39 is 37.1 Å². The quantitative estimate of drug-likeness (QED) is 0.370. The van der Waals surface area contributed by atoms with Crippen LogP contribution >= 0.6 is 11.6 Å². The number of benzene rings is 2. The highest BCUT2D eigenvalue weighted by atomic mass is 35.5. The number of hydrogen-bond donors (Lipinski definition) is 4. The number of ether oxygens (including phenoxy) is 1. The van der Waals surface area contributed by atoms with E-state index in [2.05, 4.69) is 19.0 Å². The molecule has 32 heavy (non-hydrogen) atoms. The van der Waals surface area contributed by atoms with E-state index in [-0.39, 0.29) is 5.92 Å². The molecule has 2 aromatic rings. The molecule has 0 aromatic heterocycles. The van der Waals surface area contributed by atoms with Crippen LogP contribution in [-0.4, -0.2) is 64.3 Å². The largest absolute Gasteiger partial charge is 0.399 e. The maximum absolute atomic E-state index is 10.4. The van der Waals surface area contributed by atoms with Gasteiger partial charge in [-0.3, -0.25) is 0 Å². The molecule has 1 aliphatic rings. The minimum absolute atomic E-state index is 0.213. The summed E-state index contributed by atoms with van der Waals surface area (Å²) < 4.78 is 5.67.